The van der Waals surface area contributed by atoms with Gasteiger partial charge in [-0.15, -0.1) is 10.2 Å². The molecule has 0 aliphatic heterocycles. The molecular formula is C18H15N5OS2. The lowest BCUT2D eigenvalue weighted by Crippen LogP contribution is -2.14. The Morgan fingerprint density at radius 1 is 1.15 bits per heavy atom. The lowest BCUT2D eigenvalue weighted by atomic mass is 10.2. The lowest BCUT2D eigenvalue weighted by molar-refractivity contribution is 1.00. The van der Waals surface area contributed by atoms with Crippen LogP contribution in [0.4, 0.5) is 10.8 Å². The molecule has 0 unspecified atom stereocenters. The maximum absolute atomic E-state index is 12.1. The first-order chi connectivity index (χ1) is 12.7. The van der Waals surface area contributed by atoms with Crippen molar-refractivity contribution in [2.24, 2.45) is 0 Å². The number of hydrogen-bond acceptors (Lipinski definition) is 7. The third-order valence-corrected chi connectivity index (χ3v) is 5.68. The number of nitrogens with zero attached hydrogens (tertiary/aromatic N) is 4. The zero-order chi connectivity index (χ0) is 17.9. The fourth-order valence-electron chi connectivity index (χ4n) is 2.39. The maximum Gasteiger partial charge on any atom is 0.258 e. The molecule has 1 N–H and O–H groups in total. The highest BCUT2D eigenvalue weighted by molar-refractivity contribution is 8.00. The summed E-state index contributed by atoms with van der Waals surface area (Å²) in [5, 5.41) is 12.3. The van der Waals surface area contributed by atoms with Crippen LogP contribution in [0.2, 0.25) is 0 Å². The summed E-state index contributed by atoms with van der Waals surface area (Å²) in [7, 11) is 0. The van der Waals surface area contributed by atoms with Crippen LogP contribution in [-0.4, -0.2) is 19.6 Å². The van der Waals surface area contributed by atoms with E-state index in [1.807, 2.05) is 42.5 Å². The van der Waals surface area contributed by atoms with Crippen LogP contribution in [0.1, 0.15) is 11.3 Å². The van der Waals surface area contributed by atoms with E-state index in [1.54, 1.807) is 12.3 Å². The zero-order valence-electron chi connectivity index (χ0n) is 13.9. The SMILES string of the molecule is Cc1ccc(Nc2nnc(SCc3cc(=O)n4ccccc4n3)s2)cc1. The fraction of sp³-hybridized carbons (Fsp3) is 0.111. The minimum atomic E-state index is -0.0785. The van der Waals surface area contributed by atoms with Crippen LogP contribution < -0.4 is 10.9 Å². The summed E-state index contributed by atoms with van der Waals surface area (Å²) >= 11 is 3.00. The van der Waals surface area contributed by atoms with Crippen LogP contribution in [0.15, 0.2) is 63.9 Å². The Morgan fingerprint density at radius 2 is 2.00 bits per heavy atom. The number of thioether (sulfide) groups is 1. The molecule has 4 rings (SSSR count). The van der Waals surface area contributed by atoms with Gasteiger partial charge in [0.05, 0.1) is 5.69 Å². The maximum atomic E-state index is 12.1. The molecule has 1 aromatic carbocycles. The van der Waals surface area contributed by atoms with Crippen molar-refractivity contribution in [2.45, 2.75) is 17.0 Å². The number of hydrogen-bond donors (Lipinski definition) is 1. The van der Waals surface area contributed by atoms with Crippen molar-refractivity contribution in [3.63, 3.8) is 0 Å². The summed E-state index contributed by atoms with van der Waals surface area (Å²) in [6, 6.07) is 15.2. The van der Waals surface area contributed by atoms with Gasteiger partial charge in [0.1, 0.15) is 5.65 Å². The molecule has 0 bridgehead atoms. The number of benzene rings is 1. The molecule has 0 amide bonds. The van der Waals surface area contributed by atoms with Crippen molar-refractivity contribution in [3.05, 3.63) is 76.3 Å². The Kier molecular flexibility index (Phi) is 4.68. The Morgan fingerprint density at radius 3 is 2.85 bits per heavy atom. The summed E-state index contributed by atoms with van der Waals surface area (Å²) in [6.45, 7) is 2.05. The summed E-state index contributed by atoms with van der Waals surface area (Å²) in [5.74, 6) is 0.569. The molecule has 0 fully saturated rings. The molecule has 0 spiro atoms. The van der Waals surface area contributed by atoms with Gasteiger partial charge in [-0.1, -0.05) is 46.9 Å². The summed E-state index contributed by atoms with van der Waals surface area (Å²) in [6.07, 6.45) is 1.72. The zero-order valence-corrected chi connectivity index (χ0v) is 15.5. The smallest absolute Gasteiger partial charge is 0.258 e. The first-order valence-corrected chi connectivity index (χ1v) is 9.75. The molecule has 0 radical (unpaired) electrons. The van der Waals surface area contributed by atoms with Crippen LogP contribution >= 0.6 is 23.1 Å². The number of anilines is 2. The van der Waals surface area contributed by atoms with Crippen LogP contribution in [-0.2, 0) is 5.75 Å². The van der Waals surface area contributed by atoms with Gasteiger partial charge in [-0.3, -0.25) is 9.20 Å². The Hall–Kier alpha value is -2.71. The number of aryl methyl sites for hydroxylation is 1. The van der Waals surface area contributed by atoms with Crippen molar-refractivity contribution in [1.82, 2.24) is 19.6 Å². The second-order valence-electron chi connectivity index (χ2n) is 5.67. The van der Waals surface area contributed by atoms with Crippen molar-refractivity contribution >= 4 is 39.6 Å². The molecule has 0 saturated carbocycles. The molecule has 26 heavy (non-hydrogen) atoms. The Labute approximate surface area is 158 Å². The topological polar surface area (TPSA) is 72.2 Å². The molecule has 8 heteroatoms. The molecule has 0 aliphatic carbocycles. The van der Waals surface area contributed by atoms with E-state index in [-0.39, 0.29) is 5.56 Å². The van der Waals surface area contributed by atoms with Gasteiger partial charge < -0.3 is 5.32 Å². The van der Waals surface area contributed by atoms with Crippen LogP contribution in [0.3, 0.4) is 0 Å². The normalized spacial score (nSPS) is 11.0. The largest absolute Gasteiger partial charge is 0.330 e. The van der Waals surface area contributed by atoms with Gasteiger partial charge >= 0.3 is 0 Å². The Bertz CT molecular complexity index is 1100. The highest BCUT2D eigenvalue weighted by Crippen LogP contribution is 2.29. The van der Waals surface area contributed by atoms with E-state index in [9.17, 15) is 4.79 Å². The summed E-state index contributed by atoms with van der Waals surface area (Å²) in [4.78, 5) is 16.6. The fourth-order valence-corrected chi connectivity index (χ4v) is 4.06. The van der Waals surface area contributed by atoms with Gasteiger partial charge in [0.25, 0.3) is 5.56 Å². The second-order valence-corrected chi connectivity index (χ2v) is 7.87. The third-order valence-electron chi connectivity index (χ3n) is 3.68. The van der Waals surface area contributed by atoms with Gasteiger partial charge in [-0.2, -0.15) is 0 Å². The van der Waals surface area contributed by atoms with Crippen LogP contribution in [0.5, 0.6) is 0 Å². The van der Waals surface area contributed by atoms with E-state index in [2.05, 4.69) is 27.4 Å². The van der Waals surface area contributed by atoms with E-state index in [4.69, 9.17) is 0 Å². The molecular weight excluding hydrogens is 366 g/mol. The van der Waals surface area contributed by atoms with E-state index in [1.165, 1.54) is 33.1 Å². The molecule has 130 valence electrons. The van der Waals surface area contributed by atoms with Gasteiger partial charge in [-0.05, 0) is 31.2 Å². The molecule has 4 aromatic rings. The van der Waals surface area contributed by atoms with E-state index in [0.717, 1.165) is 20.9 Å². The molecule has 3 heterocycles. The molecule has 3 aromatic heterocycles. The summed E-state index contributed by atoms with van der Waals surface area (Å²) in [5.41, 5.74) is 3.49. The van der Waals surface area contributed by atoms with Crippen LogP contribution in [0.25, 0.3) is 5.65 Å². The quantitative estimate of drug-likeness (QED) is 0.529. The van der Waals surface area contributed by atoms with E-state index >= 15 is 0 Å². The second kappa shape index (κ2) is 7.27. The van der Waals surface area contributed by atoms with Gasteiger partial charge in [0.2, 0.25) is 5.13 Å². The Balaban J connectivity index is 1.45. The highest BCUT2D eigenvalue weighted by Gasteiger charge is 2.08. The number of nitrogens with one attached hydrogen (secondary N) is 1. The molecule has 6 nitrogen and oxygen atoms in total. The molecule has 0 aliphatic rings. The minimum Gasteiger partial charge on any atom is -0.330 e. The predicted molar refractivity (Wildman–Crippen MR) is 105 cm³/mol. The van der Waals surface area contributed by atoms with Gasteiger partial charge in [0, 0.05) is 23.7 Å². The molecule has 0 atom stereocenters. The van der Waals surface area contributed by atoms with E-state index in [0.29, 0.717) is 11.4 Å². The standard InChI is InChI=1S/C18H15N5OS2/c1-12-5-7-13(8-6-12)20-17-21-22-18(26-17)25-11-14-10-16(24)23-9-3-2-4-15(23)19-14/h2-10H,11H2,1H3,(H,20,21). The van der Waals surface area contributed by atoms with Gasteiger partial charge in [0.15, 0.2) is 4.34 Å². The van der Waals surface area contributed by atoms with Crippen molar-refractivity contribution in [1.29, 1.82) is 0 Å². The summed E-state index contributed by atoms with van der Waals surface area (Å²) < 4.78 is 2.36. The lowest BCUT2D eigenvalue weighted by Gasteiger charge is -2.02. The minimum absolute atomic E-state index is 0.0785. The average Bonchev–Trinajstić information content (AvgIpc) is 3.09. The van der Waals surface area contributed by atoms with Crippen molar-refractivity contribution < 1.29 is 0 Å². The highest BCUT2D eigenvalue weighted by atomic mass is 32.2. The van der Waals surface area contributed by atoms with E-state index < -0.39 is 0 Å². The van der Waals surface area contributed by atoms with Crippen molar-refractivity contribution in [3.8, 4) is 0 Å². The predicted octanol–water partition coefficient (Wildman–Crippen LogP) is 3.89. The van der Waals surface area contributed by atoms with Gasteiger partial charge in [-0.25, -0.2) is 4.98 Å². The number of aromatic nitrogens is 4. The molecule has 0 saturated heterocycles. The first kappa shape index (κ1) is 16.7. The number of pyridine rings is 1. The first-order valence-electron chi connectivity index (χ1n) is 7.95. The third kappa shape index (κ3) is 3.76. The number of fused-ring (bicyclic) bond motifs is 1. The number of rotatable bonds is 5. The van der Waals surface area contributed by atoms with Crippen molar-refractivity contribution in [2.75, 3.05) is 5.32 Å². The van der Waals surface area contributed by atoms with Crippen LogP contribution in [0, 0.1) is 6.92 Å². The average molecular weight is 381 g/mol. The monoisotopic (exact) mass is 381 g/mol.